The third kappa shape index (κ3) is 3.71. The lowest BCUT2D eigenvalue weighted by molar-refractivity contribution is 0.598. The van der Waals surface area contributed by atoms with Gasteiger partial charge in [-0.15, -0.1) is 0 Å². The maximum atomic E-state index is 9.50. The van der Waals surface area contributed by atoms with Crippen LogP contribution in [0.4, 0.5) is 0 Å². The summed E-state index contributed by atoms with van der Waals surface area (Å²) in [5, 5.41) is 18.6. The Morgan fingerprint density at radius 3 is 2.53 bits per heavy atom. The lowest BCUT2D eigenvalue weighted by atomic mass is 9.41. The van der Waals surface area contributed by atoms with Gasteiger partial charge in [0.2, 0.25) is 0 Å². The van der Waals surface area contributed by atoms with Crippen LogP contribution in [0.15, 0.2) is 30.9 Å². The number of nitrogens with zero attached hydrogens (tertiary/aromatic N) is 6. The molecule has 0 amide bonds. The summed E-state index contributed by atoms with van der Waals surface area (Å²) in [6.07, 6.45) is 13.9. The van der Waals surface area contributed by atoms with Crippen molar-refractivity contribution in [3.05, 3.63) is 47.8 Å². The lowest BCUT2D eigenvalue weighted by Gasteiger charge is -2.21. The Morgan fingerprint density at radius 2 is 1.87 bits per heavy atom. The fourth-order valence-electron chi connectivity index (χ4n) is 4.10. The number of nitriles is 2. The average molecular weight is 432 g/mol. The van der Waals surface area contributed by atoms with Crippen molar-refractivity contribution in [1.82, 2.24) is 18.8 Å². The van der Waals surface area contributed by atoms with Crippen molar-refractivity contribution in [3.8, 4) is 22.5 Å². The summed E-state index contributed by atoms with van der Waals surface area (Å²) in [6, 6.07) is 4.16. The number of fused-ring (bicyclic) bond motifs is 2. The Balaban J connectivity index is 0.00000106. The fraction of sp³-hybridized carbons (Fsp3) is 0.333. The second kappa shape index (κ2) is 8.55. The Hall–Kier alpha value is -2.75. The van der Waals surface area contributed by atoms with Gasteiger partial charge in [-0.1, -0.05) is 36.8 Å². The van der Waals surface area contributed by atoms with Gasteiger partial charge in [-0.3, -0.25) is 4.40 Å². The monoisotopic (exact) mass is 432 g/mol. The van der Waals surface area contributed by atoms with E-state index in [4.69, 9.17) is 10.2 Å². The predicted octanol–water partition coefficient (Wildman–Crippen LogP) is 4.87. The van der Waals surface area contributed by atoms with E-state index in [9.17, 15) is 5.26 Å². The SMILES string of the molecule is CS.Cc1cn2cc(-c3cn4cc(C5CCB(C#N)CC5)nc4s3)cc(C#N)c2n1. The maximum absolute atomic E-state index is 9.50. The Morgan fingerprint density at radius 1 is 1.10 bits per heavy atom. The molecule has 1 aliphatic heterocycles. The number of hydrogen-bond donors (Lipinski definition) is 1. The first kappa shape index (κ1) is 20.5. The van der Waals surface area contributed by atoms with Crippen molar-refractivity contribution in [1.29, 1.82) is 10.5 Å². The topological polar surface area (TPSA) is 82.2 Å². The number of thiazole rings is 1. The highest BCUT2D eigenvalue weighted by Crippen LogP contribution is 2.35. The largest absolute Gasteiger partial charge is 0.305 e. The molecule has 5 rings (SSSR count). The van der Waals surface area contributed by atoms with Crippen molar-refractivity contribution >= 4 is 41.3 Å². The molecule has 0 N–H and O–H groups in total. The number of hydrogen-bond acceptors (Lipinski definition) is 6. The highest BCUT2D eigenvalue weighted by Gasteiger charge is 2.27. The standard InChI is InChI=1S/C20H17BN6S.CH4S/c1-13-8-26-9-16(6-15(7-22)19(26)24-13)18-11-27-10-17(25-20(27)28-18)14-2-4-21(12-23)5-3-14;1-2/h6,8-11,14H,2-5H2,1H3;2H,1H3. The predicted molar refractivity (Wildman–Crippen MR) is 125 cm³/mol. The van der Waals surface area contributed by atoms with E-state index >= 15 is 0 Å². The van der Waals surface area contributed by atoms with Crippen LogP contribution in [-0.4, -0.2) is 31.7 Å². The summed E-state index contributed by atoms with van der Waals surface area (Å²) < 4.78 is 4.01. The molecule has 0 radical (unpaired) electrons. The minimum Gasteiger partial charge on any atom is -0.305 e. The molecule has 6 nitrogen and oxygen atoms in total. The number of aryl methyl sites for hydroxylation is 1. The minimum atomic E-state index is 0.211. The van der Waals surface area contributed by atoms with Gasteiger partial charge in [-0.2, -0.15) is 17.9 Å². The van der Waals surface area contributed by atoms with Gasteiger partial charge in [0.25, 0.3) is 6.71 Å². The molecule has 150 valence electrons. The molecule has 0 atom stereocenters. The van der Waals surface area contributed by atoms with Gasteiger partial charge in [-0.25, -0.2) is 15.2 Å². The highest BCUT2D eigenvalue weighted by molar-refractivity contribution is 7.79. The number of rotatable bonds is 2. The van der Waals surface area contributed by atoms with Crippen molar-refractivity contribution in [2.45, 2.75) is 38.3 Å². The molecule has 30 heavy (non-hydrogen) atoms. The van der Waals surface area contributed by atoms with Crippen LogP contribution in [0.5, 0.6) is 0 Å². The van der Waals surface area contributed by atoms with Crippen LogP contribution in [0, 0.1) is 29.5 Å². The van der Waals surface area contributed by atoms with Crippen molar-refractivity contribution < 1.29 is 0 Å². The third-order valence-electron chi connectivity index (χ3n) is 5.58. The molecule has 5 heterocycles. The van der Waals surface area contributed by atoms with Crippen LogP contribution in [0.3, 0.4) is 0 Å². The molecule has 0 aliphatic carbocycles. The van der Waals surface area contributed by atoms with E-state index in [2.05, 4.69) is 46.4 Å². The van der Waals surface area contributed by atoms with Crippen LogP contribution in [-0.2, 0) is 0 Å². The first-order chi connectivity index (χ1) is 14.6. The van der Waals surface area contributed by atoms with Gasteiger partial charge >= 0.3 is 0 Å². The second-order valence-electron chi connectivity index (χ2n) is 7.50. The Labute approximate surface area is 185 Å². The average Bonchev–Trinajstić information content (AvgIpc) is 3.46. The lowest BCUT2D eigenvalue weighted by Crippen LogP contribution is -2.18. The van der Waals surface area contributed by atoms with E-state index in [-0.39, 0.29) is 6.71 Å². The molecular formula is C21H21BN6S2. The van der Waals surface area contributed by atoms with Gasteiger partial charge in [-0.05, 0) is 19.2 Å². The van der Waals surface area contributed by atoms with E-state index in [0.29, 0.717) is 17.1 Å². The van der Waals surface area contributed by atoms with Crippen LogP contribution in [0.25, 0.3) is 21.0 Å². The zero-order valence-electron chi connectivity index (χ0n) is 16.9. The van der Waals surface area contributed by atoms with Crippen molar-refractivity contribution in [3.63, 3.8) is 0 Å². The molecule has 1 aliphatic rings. The Kier molecular flexibility index (Phi) is 5.85. The summed E-state index contributed by atoms with van der Waals surface area (Å²) in [5.74, 6) is 2.85. The number of thiol groups is 1. The van der Waals surface area contributed by atoms with Gasteiger partial charge in [0.05, 0.1) is 21.8 Å². The van der Waals surface area contributed by atoms with Gasteiger partial charge < -0.3 is 4.40 Å². The minimum absolute atomic E-state index is 0.211. The summed E-state index contributed by atoms with van der Waals surface area (Å²) in [4.78, 5) is 11.3. The zero-order chi connectivity index (χ0) is 21.3. The van der Waals surface area contributed by atoms with Gasteiger partial charge in [0.1, 0.15) is 6.07 Å². The van der Waals surface area contributed by atoms with Gasteiger partial charge in [0.15, 0.2) is 10.6 Å². The van der Waals surface area contributed by atoms with E-state index in [0.717, 1.165) is 52.3 Å². The molecule has 0 spiro atoms. The molecular weight excluding hydrogens is 411 g/mol. The Bertz CT molecular complexity index is 1250. The molecule has 4 aromatic heterocycles. The van der Waals surface area contributed by atoms with E-state index in [1.165, 1.54) is 0 Å². The van der Waals surface area contributed by atoms with Crippen LogP contribution in [0.2, 0.25) is 12.6 Å². The molecule has 0 unspecified atom stereocenters. The summed E-state index contributed by atoms with van der Waals surface area (Å²) in [6.45, 7) is 2.14. The normalized spacial score (nSPS) is 14.4. The van der Waals surface area contributed by atoms with Crippen LogP contribution < -0.4 is 0 Å². The fourth-order valence-corrected chi connectivity index (χ4v) is 5.05. The van der Waals surface area contributed by atoms with Crippen molar-refractivity contribution in [2.24, 2.45) is 0 Å². The van der Waals surface area contributed by atoms with Crippen molar-refractivity contribution in [2.75, 3.05) is 6.26 Å². The van der Waals surface area contributed by atoms with E-state index in [1.807, 2.05) is 29.8 Å². The highest BCUT2D eigenvalue weighted by atomic mass is 32.1. The third-order valence-corrected chi connectivity index (χ3v) is 6.62. The molecule has 9 heteroatoms. The second-order valence-corrected chi connectivity index (χ2v) is 8.51. The molecule has 0 aromatic carbocycles. The first-order valence-electron chi connectivity index (χ1n) is 9.87. The van der Waals surface area contributed by atoms with E-state index in [1.54, 1.807) is 17.6 Å². The molecule has 0 bridgehead atoms. The summed E-state index contributed by atoms with van der Waals surface area (Å²) >= 11 is 5.16. The van der Waals surface area contributed by atoms with E-state index < -0.39 is 0 Å². The number of imidazole rings is 2. The first-order valence-corrected chi connectivity index (χ1v) is 11.6. The molecule has 1 saturated heterocycles. The molecule has 0 saturated carbocycles. The number of aromatic nitrogens is 4. The zero-order valence-corrected chi connectivity index (χ0v) is 18.6. The smallest absolute Gasteiger partial charge is 0.267 e. The van der Waals surface area contributed by atoms with Crippen LogP contribution >= 0.6 is 24.0 Å². The van der Waals surface area contributed by atoms with Crippen LogP contribution in [0.1, 0.15) is 35.7 Å². The summed E-state index contributed by atoms with van der Waals surface area (Å²) in [5.41, 5.74) is 4.29. The summed E-state index contributed by atoms with van der Waals surface area (Å²) in [7, 11) is 0. The number of pyridine rings is 1. The molecule has 4 aromatic rings. The maximum Gasteiger partial charge on any atom is 0.267 e. The molecule has 1 fully saturated rings. The quantitative estimate of drug-likeness (QED) is 0.362. The van der Waals surface area contributed by atoms with Gasteiger partial charge in [0, 0.05) is 42.2 Å².